The smallest absolute Gasteiger partial charge is 0.160 e. The van der Waals surface area contributed by atoms with Gasteiger partial charge in [-0.15, -0.1) is 0 Å². The summed E-state index contributed by atoms with van der Waals surface area (Å²) in [5.74, 6) is 1.93. The second-order valence-corrected chi connectivity index (χ2v) is 6.90. The molecule has 1 fully saturated rings. The van der Waals surface area contributed by atoms with E-state index in [1.165, 1.54) is 0 Å². The summed E-state index contributed by atoms with van der Waals surface area (Å²) in [5, 5.41) is 3.47. The number of hydrogen-bond donors (Lipinski definition) is 1. The lowest BCUT2D eigenvalue weighted by molar-refractivity contribution is 0.139. The molecule has 0 spiro atoms. The molecule has 0 saturated carbocycles. The summed E-state index contributed by atoms with van der Waals surface area (Å²) in [4.78, 5) is 9.10. The fourth-order valence-electron chi connectivity index (χ4n) is 2.06. The van der Waals surface area contributed by atoms with E-state index >= 15 is 0 Å². The zero-order chi connectivity index (χ0) is 15.5. The quantitative estimate of drug-likeness (QED) is 0.904. The van der Waals surface area contributed by atoms with Crippen LogP contribution in [0.2, 0.25) is 0 Å². The highest BCUT2D eigenvalue weighted by Crippen LogP contribution is 2.22. The monoisotopic (exact) mass is 293 g/mol. The zero-order valence-electron chi connectivity index (χ0n) is 13.8. The molecule has 0 bridgehead atoms. The maximum absolute atomic E-state index is 6.02. The number of hydrogen-bond acceptors (Lipinski definition) is 5. The van der Waals surface area contributed by atoms with Gasteiger partial charge < -0.3 is 14.8 Å². The van der Waals surface area contributed by atoms with E-state index in [1.807, 2.05) is 0 Å². The van der Waals surface area contributed by atoms with Crippen LogP contribution in [-0.2, 0) is 11.3 Å². The minimum atomic E-state index is 0.0384. The van der Waals surface area contributed by atoms with E-state index in [-0.39, 0.29) is 11.6 Å². The van der Waals surface area contributed by atoms with Crippen LogP contribution in [0.25, 0.3) is 0 Å². The molecule has 1 aliphatic rings. The molecule has 1 aliphatic heterocycles. The average Bonchev–Trinajstić information content (AvgIpc) is 2.89. The Bertz CT molecular complexity index is 463. The van der Waals surface area contributed by atoms with Gasteiger partial charge in [-0.2, -0.15) is 0 Å². The van der Waals surface area contributed by atoms with Gasteiger partial charge >= 0.3 is 0 Å². The fraction of sp³-hybridized carbons (Fsp3) is 0.750. The Labute approximate surface area is 127 Å². The molecule has 1 atom stereocenters. The van der Waals surface area contributed by atoms with E-state index in [9.17, 15) is 0 Å². The van der Waals surface area contributed by atoms with Crippen molar-refractivity contribution in [2.45, 2.75) is 65.1 Å². The van der Waals surface area contributed by atoms with Crippen LogP contribution in [0.4, 0.5) is 0 Å². The first-order valence-electron chi connectivity index (χ1n) is 7.70. The summed E-state index contributed by atoms with van der Waals surface area (Å²) in [6, 6.07) is 0. The minimum Gasteiger partial charge on any atom is -0.484 e. The molecule has 1 saturated heterocycles. The highest BCUT2D eigenvalue weighted by atomic mass is 16.5. The van der Waals surface area contributed by atoms with E-state index in [2.05, 4.69) is 49.9 Å². The number of nitrogens with one attached hydrogen (secondary N) is 1. The Hall–Kier alpha value is -1.20. The average molecular weight is 293 g/mol. The number of aromatic nitrogens is 2. The van der Waals surface area contributed by atoms with Crippen LogP contribution in [0.15, 0.2) is 6.20 Å². The molecule has 2 rings (SSSR count). The molecule has 118 valence electrons. The molecule has 0 amide bonds. The van der Waals surface area contributed by atoms with E-state index in [4.69, 9.17) is 9.47 Å². The first-order valence-corrected chi connectivity index (χ1v) is 7.70. The number of rotatable bonds is 5. The van der Waals surface area contributed by atoms with E-state index in [1.54, 1.807) is 6.20 Å². The summed E-state index contributed by atoms with van der Waals surface area (Å²) in [7, 11) is 0. The first-order chi connectivity index (χ1) is 9.85. The van der Waals surface area contributed by atoms with Crippen molar-refractivity contribution in [1.82, 2.24) is 15.3 Å². The van der Waals surface area contributed by atoms with Gasteiger partial charge in [0.2, 0.25) is 0 Å². The van der Waals surface area contributed by atoms with Gasteiger partial charge in [0.1, 0.15) is 11.9 Å². The van der Waals surface area contributed by atoms with Crippen LogP contribution in [0, 0.1) is 0 Å². The predicted octanol–water partition coefficient (Wildman–Crippen LogP) is 2.66. The summed E-state index contributed by atoms with van der Waals surface area (Å²) in [6.45, 7) is 12.7. The van der Waals surface area contributed by atoms with Gasteiger partial charge in [0.05, 0.1) is 25.1 Å². The molecule has 1 N–H and O–H groups in total. The SMILES string of the molecule is CC(C)c1ncc(OC2CCOC2)c(CNC(C)(C)C)n1. The second-order valence-electron chi connectivity index (χ2n) is 6.90. The number of nitrogens with zero attached hydrogens (tertiary/aromatic N) is 2. The molecule has 21 heavy (non-hydrogen) atoms. The maximum Gasteiger partial charge on any atom is 0.160 e. The molecular formula is C16H27N3O2. The Morgan fingerprint density at radius 1 is 1.43 bits per heavy atom. The third kappa shape index (κ3) is 4.93. The largest absolute Gasteiger partial charge is 0.484 e. The van der Waals surface area contributed by atoms with Crippen molar-refractivity contribution in [2.75, 3.05) is 13.2 Å². The third-order valence-corrected chi connectivity index (χ3v) is 3.33. The standard InChI is InChI=1S/C16H27N3O2/c1-11(2)15-17-9-14(21-12-6-7-20-10-12)13(19-15)8-18-16(3,4)5/h9,11-12,18H,6-8,10H2,1-5H3. The molecule has 1 aromatic heterocycles. The lowest BCUT2D eigenvalue weighted by Crippen LogP contribution is -2.35. The maximum atomic E-state index is 6.02. The molecular weight excluding hydrogens is 266 g/mol. The van der Waals surface area contributed by atoms with Crippen LogP contribution < -0.4 is 10.1 Å². The normalized spacial score (nSPS) is 19.2. The van der Waals surface area contributed by atoms with Crippen molar-refractivity contribution < 1.29 is 9.47 Å². The molecule has 5 heteroatoms. The van der Waals surface area contributed by atoms with Crippen molar-refractivity contribution in [3.05, 3.63) is 17.7 Å². The minimum absolute atomic E-state index is 0.0384. The van der Waals surface area contributed by atoms with Crippen LogP contribution in [0.5, 0.6) is 5.75 Å². The Morgan fingerprint density at radius 2 is 2.19 bits per heavy atom. The molecule has 0 aliphatic carbocycles. The van der Waals surface area contributed by atoms with Crippen molar-refractivity contribution in [1.29, 1.82) is 0 Å². The van der Waals surface area contributed by atoms with Crippen molar-refractivity contribution >= 4 is 0 Å². The van der Waals surface area contributed by atoms with Gasteiger partial charge in [0.25, 0.3) is 0 Å². The number of ether oxygens (including phenoxy) is 2. The summed E-state index contributed by atoms with van der Waals surface area (Å²) >= 11 is 0. The predicted molar refractivity (Wildman–Crippen MR) is 82.6 cm³/mol. The fourth-order valence-corrected chi connectivity index (χ4v) is 2.06. The van der Waals surface area contributed by atoms with E-state index < -0.39 is 0 Å². The zero-order valence-corrected chi connectivity index (χ0v) is 13.8. The van der Waals surface area contributed by atoms with Gasteiger partial charge in [-0.1, -0.05) is 13.8 Å². The molecule has 0 aromatic carbocycles. The van der Waals surface area contributed by atoms with Gasteiger partial charge in [0, 0.05) is 24.4 Å². The summed E-state index contributed by atoms with van der Waals surface area (Å²) in [5.41, 5.74) is 0.965. The molecule has 1 aromatic rings. The lowest BCUT2D eigenvalue weighted by Gasteiger charge is -2.22. The Morgan fingerprint density at radius 3 is 2.76 bits per heavy atom. The van der Waals surface area contributed by atoms with Crippen molar-refractivity contribution in [3.8, 4) is 5.75 Å². The molecule has 5 nitrogen and oxygen atoms in total. The first kappa shape index (κ1) is 16.2. The Balaban J connectivity index is 2.16. The topological polar surface area (TPSA) is 56.3 Å². The van der Waals surface area contributed by atoms with E-state index in [0.717, 1.165) is 30.3 Å². The molecule has 1 unspecified atom stereocenters. The van der Waals surface area contributed by atoms with Crippen LogP contribution >= 0.6 is 0 Å². The van der Waals surface area contributed by atoms with Crippen LogP contribution in [0.1, 0.15) is 58.5 Å². The highest BCUT2D eigenvalue weighted by Gasteiger charge is 2.21. The van der Waals surface area contributed by atoms with Crippen molar-refractivity contribution in [2.24, 2.45) is 0 Å². The third-order valence-electron chi connectivity index (χ3n) is 3.33. The van der Waals surface area contributed by atoms with Crippen LogP contribution in [-0.4, -0.2) is 34.8 Å². The van der Waals surface area contributed by atoms with Crippen LogP contribution in [0.3, 0.4) is 0 Å². The summed E-state index contributed by atoms with van der Waals surface area (Å²) < 4.78 is 11.4. The molecule has 2 heterocycles. The Kier molecular flexibility index (Phi) is 5.17. The lowest BCUT2D eigenvalue weighted by atomic mass is 10.1. The highest BCUT2D eigenvalue weighted by molar-refractivity contribution is 5.26. The summed E-state index contributed by atoms with van der Waals surface area (Å²) in [6.07, 6.45) is 2.85. The van der Waals surface area contributed by atoms with Gasteiger partial charge in [-0.25, -0.2) is 9.97 Å². The van der Waals surface area contributed by atoms with Gasteiger partial charge in [-0.05, 0) is 20.8 Å². The van der Waals surface area contributed by atoms with Crippen molar-refractivity contribution in [3.63, 3.8) is 0 Å². The second kappa shape index (κ2) is 6.71. The van der Waals surface area contributed by atoms with E-state index in [0.29, 0.717) is 19.1 Å². The van der Waals surface area contributed by atoms with Gasteiger partial charge in [-0.3, -0.25) is 0 Å². The molecule has 0 radical (unpaired) electrons. The van der Waals surface area contributed by atoms with Gasteiger partial charge in [0.15, 0.2) is 5.75 Å².